The molecule has 8 nitrogen and oxygen atoms in total. The fourth-order valence-electron chi connectivity index (χ4n) is 4.23. The average Bonchev–Trinajstić information content (AvgIpc) is 3.14. The quantitative estimate of drug-likeness (QED) is 0.604. The first-order valence-electron chi connectivity index (χ1n) is 10.1. The Bertz CT molecular complexity index is 827. The van der Waals surface area contributed by atoms with E-state index in [2.05, 4.69) is 29.5 Å². The number of carbonyl (C=O) groups excluding carboxylic acids is 3. The van der Waals surface area contributed by atoms with Gasteiger partial charge in [-0.25, -0.2) is 0 Å². The van der Waals surface area contributed by atoms with Crippen LogP contribution in [0.1, 0.15) is 52.0 Å². The zero-order valence-corrected chi connectivity index (χ0v) is 17.2. The van der Waals surface area contributed by atoms with Crippen molar-refractivity contribution in [3.8, 4) is 0 Å². The third-order valence-corrected chi connectivity index (χ3v) is 5.69. The van der Waals surface area contributed by atoms with Crippen LogP contribution in [0, 0.1) is 10.8 Å². The van der Waals surface area contributed by atoms with E-state index in [-0.39, 0.29) is 41.3 Å². The first kappa shape index (κ1) is 21.0. The van der Waals surface area contributed by atoms with E-state index in [1.807, 2.05) is 0 Å². The van der Waals surface area contributed by atoms with Crippen LogP contribution in [0.2, 0.25) is 0 Å². The number of pyridine rings is 1. The van der Waals surface area contributed by atoms with Crippen molar-refractivity contribution in [3.63, 3.8) is 0 Å². The molecule has 3 N–H and O–H groups in total. The Labute approximate surface area is 171 Å². The highest BCUT2D eigenvalue weighted by Gasteiger charge is 2.40. The number of likely N-dealkylation sites (tertiary alicyclic amines) is 1. The van der Waals surface area contributed by atoms with Crippen molar-refractivity contribution >= 4 is 29.0 Å². The van der Waals surface area contributed by atoms with E-state index < -0.39 is 6.04 Å². The van der Waals surface area contributed by atoms with E-state index in [1.54, 1.807) is 11.0 Å². The van der Waals surface area contributed by atoms with E-state index in [9.17, 15) is 14.4 Å². The third-order valence-electron chi connectivity index (χ3n) is 5.69. The van der Waals surface area contributed by atoms with Crippen LogP contribution in [0.3, 0.4) is 0 Å². The maximum Gasteiger partial charge on any atom is 0.243 e. The SMILES string of the molecule is CC(=O)C(=N)c1ccncc1NCC(=O)N1CCC[C@H]1C(=O)NC1CC(C)(C)C1. The van der Waals surface area contributed by atoms with Crippen LogP contribution in [0.25, 0.3) is 0 Å². The molecule has 1 aliphatic heterocycles. The summed E-state index contributed by atoms with van der Waals surface area (Å²) in [6, 6.07) is 1.34. The topological polar surface area (TPSA) is 115 Å². The zero-order chi connectivity index (χ0) is 21.2. The fourth-order valence-corrected chi connectivity index (χ4v) is 4.23. The summed E-state index contributed by atoms with van der Waals surface area (Å²) in [7, 11) is 0. The molecule has 156 valence electrons. The summed E-state index contributed by atoms with van der Waals surface area (Å²) in [4.78, 5) is 42.6. The van der Waals surface area contributed by atoms with Gasteiger partial charge in [0, 0.05) is 31.3 Å². The Morgan fingerprint density at radius 3 is 2.69 bits per heavy atom. The minimum absolute atomic E-state index is 0.0237. The molecular weight excluding hydrogens is 370 g/mol. The highest BCUT2D eigenvalue weighted by atomic mass is 16.2. The lowest BCUT2D eigenvalue weighted by molar-refractivity contribution is -0.138. The molecular formula is C21H29N5O3. The number of carbonyl (C=O) groups is 3. The molecule has 29 heavy (non-hydrogen) atoms. The normalized spacial score (nSPS) is 20.7. The molecule has 1 aromatic heterocycles. The summed E-state index contributed by atoms with van der Waals surface area (Å²) in [5.74, 6) is -0.612. The molecule has 1 saturated carbocycles. The molecule has 2 heterocycles. The lowest BCUT2D eigenvalue weighted by atomic mass is 9.68. The zero-order valence-electron chi connectivity index (χ0n) is 17.2. The van der Waals surface area contributed by atoms with Crippen molar-refractivity contribution in [1.82, 2.24) is 15.2 Å². The monoisotopic (exact) mass is 399 g/mol. The third kappa shape index (κ3) is 4.81. The summed E-state index contributed by atoms with van der Waals surface area (Å²) in [5, 5.41) is 14.0. The first-order chi connectivity index (χ1) is 13.7. The molecule has 0 unspecified atom stereocenters. The van der Waals surface area contributed by atoms with E-state index in [0.29, 0.717) is 24.2 Å². The van der Waals surface area contributed by atoms with Crippen LogP contribution in [-0.4, -0.2) is 58.4 Å². The molecule has 3 rings (SSSR count). The van der Waals surface area contributed by atoms with Gasteiger partial charge in [0.05, 0.1) is 18.4 Å². The number of ketones is 1. The molecule has 0 aromatic carbocycles. The standard InChI is InChI=1S/C21H29N5O3/c1-13(27)19(22)15-6-7-23-11-16(15)24-12-18(28)26-8-4-5-17(26)20(29)25-14-9-21(2,3)10-14/h6-7,11,14,17,22,24H,4-5,8-10,12H2,1-3H3,(H,25,29)/t17-/m0/s1. The fraction of sp³-hybridized carbons (Fsp3) is 0.571. The molecule has 1 aliphatic carbocycles. The second-order valence-corrected chi connectivity index (χ2v) is 8.73. The van der Waals surface area contributed by atoms with Crippen molar-refractivity contribution in [2.45, 2.75) is 58.5 Å². The molecule has 0 radical (unpaired) electrons. The van der Waals surface area contributed by atoms with Crippen LogP contribution in [-0.2, 0) is 14.4 Å². The summed E-state index contributed by atoms with van der Waals surface area (Å²) in [6.45, 7) is 6.23. The number of nitrogens with one attached hydrogen (secondary N) is 3. The van der Waals surface area contributed by atoms with Gasteiger partial charge in [-0.3, -0.25) is 24.8 Å². The molecule has 0 spiro atoms. The summed E-state index contributed by atoms with van der Waals surface area (Å²) < 4.78 is 0. The Balaban J connectivity index is 1.58. The maximum absolute atomic E-state index is 12.8. The molecule has 1 saturated heterocycles. The van der Waals surface area contributed by atoms with Crippen LogP contribution < -0.4 is 10.6 Å². The maximum atomic E-state index is 12.8. The van der Waals surface area contributed by atoms with Crippen LogP contribution in [0.4, 0.5) is 5.69 Å². The molecule has 2 fully saturated rings. The predicted molar refractivity (Wildman–Crippen MR) is 110 cm³/mol. The van der Waals surface area contributed by atoms with Crippen molar-refractivity contribution in [2.24, 2.45) is 5.41 Å². The Morgan fingerprint density at radius 2 is 2.03 bits per heavy atom. The number of amides is 2. The number of anilines is 1. The highest BCUT2D eigenvalue weighted by molar-refractivity contribution is 6.45. The summed E-state index contributed by atoms with van der Waals surface area (Å²) in [6.07, 6.45) is 6.39. The second-order valence-electron chi connectivity index (χ2n) is 8.73. The molecule has 2 aliphatic rings. The van der Waals surface area contributed by atoms with Crippen LogP contribution in [0.15, 0.2) is 18.5 Å². The predicted octanol–water partition coefficient (Wildman–Crippen LogP) is 1.75. The van der Waals surface area contributed by atoms with Crippen LogP contribution in [0.5, 0.6) is 0 Å². The van der Waals surface area contributed by atoms with Gasteiger partial charge in [0.25, 0.3) is 0 Å². The van der Waals surface area contributed by atoms with E-state index in [1.165, 1.54) is 19.3 Å². The van der Waals surface area contributed by atoms with Gasteiger partial charge in [0.2, 0.25) is 11.8 Å². The summed E-state index contributed by atoms with van der Waals surface area (Å²) in [5.41, 5.74) is 1.01. The smallest absolute Gasteiger partial charge is 0.243 e. The van der Waals surface area contributed by atoms with Gasteiger partial charge in [-0.05, 0) is 37.2 Å². The van der Waals surface area contributed by atoms with Gasteiger partial charge in [-0.1, -0.05) is 13.8 Å². The number of hydrogen-bond acceptors (Lipinski definition) is 6. The molecule has 1 aromatic rings. The van der Waals surface area contributed by atoms with E-state index >= 15 is 0 Å². The van der Waals surface area contributed by atoms with Crippen molar-refractivity contribution in [3.05, 3.63) is 24.0 Å². The molecule has 2 amide bonds. The number of nitrogens with zero attached hydrogens (tertiary/aromatic N) is 2. The Kier molecular flexibility index (Phi) is 6.00. The lowest BCUT2D eigenvalue weighted by Crippen LogP contribution is -2.54. The molecule has 1 atom stereocenters. The van der Waals surface area contributed by atoms with Crippen molar-refractivity contribution < 1.29 is 14.4 Å². The first-order valence-corrected chi connectivity index (χ1v) is 10.1. The van der Waals surface area contributed by atoms with Crippen molar-refractivity contribution in [2.75, 3.05) is 18.4 Å². The molecule has 8 heteroatoms. The highest BCUT2D eigenvalue weighted by Crippen LogP contribution is 2.39. The Morgan fingerprint density at radius 1 is 1.31 bits per heavy atom. The lowest BCUT2D eigenvalue weighted by Gasteiger charge is -2.43. The van der Waals surface area contributed by atoms with Gasteiger partial charge in [-0.15, -0.1) is 0 Å². The van der Waals surface area contributed by atoms with Gasteiger partial charge in [0.15, 0.2) is 5.78 Å². The van der Waals surface area contributed by atoms with Gasteiger partial charge < -0.3 is 15.5 Å². The number of hydrogen-bond donors (Lipinski definition) is 3. The summed E-state index contributed by atoms with van der Waals surface area (Å²) >= 11 is 0. The minimum atomic E-state index is -0.433. The van der Waals surface area contributed by atoms with Gasteiger partial charge >= 0.3 is 0 Å². The largest absolute Gasteiger partial charge is 0.374 e. The molecule has 0 bridgehead atoms. The Hall–Kier alpha value is -2.77. The number of aromatic nitrogens is 1. The minimum Gasteiger partial charge on any atom is -0.374 e. The van der Waals surface area contributed by atoms with Gasteiger partial charge in [0.1, 0.15) is 11.8 Å². The number of Topliss-reactive ketones (excluding diaryl/α,β-unsaturated/α-hetero) is 1. The number of rotatable bonds is 7. The average molecular weight is 399 g/mol. The van der Waals surface area contributed by atoms with E-state index in [0.717, 1.165) is 19.3 Å². The van der Waals surface area contributed by atoms with Crippen molar-refractivity contribution in [1.29, 1.82) is 5.41 Å². The van der Waals surface area contributed by atoms with Crippen LogP contribution >= 0.6 is 0 Å². The second kappa shape index (κ2) is 8.31. The van der Waals surface area contributed by atoms with Gasteiger partial charge in [-0.2, -0.15) is 0 Å². The van der Waals surface area contributed by atoms with E-state index in [4.69, 9.17) is 5.41 Å².